The fourth-order valence-corrected chi connectivity index (χ4v) is 5.95. The Balaban J connectivity index is 1.52. The van der Waals surface area contributed by atoms with Crippen LogP contribution in [0.25, 0.3) is 54.9 Å². The molecule has 0 aromatic heterocycles. The maximum absolute atomic E-state index is 11.3. The van der Waals surface area contributed by atoms with Crippen molar-refractivity contribution in [2.45, 2.75) is 20.1 Å². The molecule has 0 aliphatic heterocycles. The molecular weight excluding hydrogens is 572 g/mol. The minimum atomic E-state index is -0.312. The SMILES string of the molecule is COCCOCc1ccc2cc(-c3ccccc3)ccc2c1-c1c(COCCOC(C)=O)ccc2cc(-c3ccccc3)ccc12. The van der Waals surface area contributed by atoms with Crippen LogP contribution in [0.15, 0.2) is 121 Å². The molecule has 6 aromatic carbocycles. The van der Waals surface area contributed by atoms with Crippen molar-refractivity contribution in [1.29, 1.82) is 0 Å². The van der Waals surface area contributed by atoms with Crippen molar-refractivity contribution in [2.24, 2.45) is 0 Å². The Hall–Kier alpha value is -4.81. The van der Waals surface area contributed by atoms with Crippen molar-refractivity contribution in [1.82, 2.24) is 0 Å². The topological polar surface area (TPSA) is 54.0 Å². The van der Waals surface area contributed by atoms with Gasteiger partial charge in [0.1, 0.15) is 6.61 Å². The summed E-state index contributed by atoms with van der Waals surface area (Å²) in [6, 6.07) is 43.0. The quantitative estimate of drug-likeness (QED) is 0.0964. The van der Waals surface area contributed by atoms with E-state index in [1.807, 2.05) is 12.1 Å². The smallest absolute Gasteiger partial charge is 0.302 e. The molecule has 0 fully saturated rings. The van der Waals surface area contributed by atoms with Crippen molar-refractivity contribution >= 4 is 27.5 Å². The van der Waals surface area contributed by atoms with Crippen molar-refractivity contribution in [3.63, 3.8) is 0 Å². The zero-order valence-corrected chi connectivity index (χ0v) is 26.3. The van der Waals surface area contributed by atoms with E-state index in [1.165, 1.54) is 23.6 Å². The normalized spacial score (nSPS) is 11.3. The highest BCUT2D eigenvalue weighted by molar-refractivity contribution is 6.09. The van der Waals surface area contributed by atoms with Gasteiger partial charge in [0, 0.05) is 14.0 Å². The molecule has 6 aromatic rings. The summed E-state index contributed by atoms with van der Waals surface area (Å²) in [5, 5.41) is 4.58. The molecule has 0 bridgehead atoms. The fourth-order valence-electron chi connectivity index (χ4n) is 5.95. The Morgan fingerprint density at radius 3 is 1.46 bits per heavy atom. The zero-order valence-electron chi connectivity index (χ0n) is 26.3. The van der Waals surface area contributed by atoms with Crippen LogP contribution in [0.2, 0.25) is 0 Å². The van der Waals surface area contributed by atoms with Crippen LogP contribution in [0.4, 0.5) is 0 Å². The van der Waals surface area contributed by atoms with Gasteiger partial charge in [0.15, 0.2) is 0 Å². The highest BCUT2D eigenvalue weighted by Gasteiger charge is 2.18. The minimum absolute atomic E-state index is 0.216. The molecule has 0 saturated carbocycles. The standard InChI is InChI=1S/C41H38O5/c1-29(42)46-24-23-45-28-37-16-14-35-26-33(31-11-7-4-8-12-31)18-20-39(35)41(37)40-36(27-44-22-21-43-2)15-13-34-25-32(17-19-38(34)40)30-9-5-3-6-10-30/h3-20,25-26H,21-24,27-28H2,1-2H3. The van der Waals surface area contributed by atoms with Crippen LogP contribution in [-0.2, 0) is 37.0 Å². The summed E-state index contributed by atoms with van der Waals surface area (Å²) in [5.74, 6) is -0.312. The average Bonchev–Trinajstić information content (AvgIpc) is 3.10. The molecule has 0 amide bonds. The number of fused-ring (bicyclic) bond motifs is 2. The Kier molecular flexibility index (Phi) is 10.2. The van der Waals surface area contributed by atoms with E-state index < -0.39 is 0 Å². The molecule has 0 saturated heterocycles. The van der Waals surface area contributed by atoms with Gasteiger partial charge in [0.2, 0.25) is 0 Å². The highest BCUT2D eigenvalue weighted by Crippen LogP contribution is 2.41. The highest BCUT2D eigenvalue weighted by atomic mass is 16.6. The summed E-state index contributed by atoms with van der Waals surface area (Å²) in [6.45, 7) is 3.78. The molecule has 0 aliphatic rings. The van der Waals surface area contributed by atoms with Crippen LogP contribution < -0.4 is 0 Å². The van der Waals surface area contributed by atoms with E-state index in [0.717, 1.165) is 49.4 Å². The number of benzene rings is 6. The fraction of sp³-hybridized carbons (Fsp3) is 0.195. The third-order valence-electron chi connectivity index (χ3n) is 8.16. The summed E-state index contributed by atoms with van der Waals surface area (Å²) >= 11 is 0. The monoisotopic (exact) mass is 610 g/mol. The van der Waals surface area contributed by atoms with Gasteiger partial charge in [-0.3, -0.25) is 4.79 Å². The molecule has 5 nitrogen and oxygen atoms in total. The Labute approximate surface area is 270 Å². The van der Waals surface area contributed by atoms with Crippen LogP contribution in [-0.4, -0.2) is 39.5 Å². The second kappa shape index (κ2) is 15.0. The van der Waals surface area contributed by atoms with Crippen LogP contribution in [0.1, 0.15) is 18.1 Å². The van der Waals surface area contributed by atoms with Gasteiger partial charge in [-0.2, -0.15) is 0 Å². The van der Waals surface area contributed by atoms with E-state index in [4.69, 9.17) is 18.9 Å². The van der Waals surface area contributed by atoms with Crippen LogP contribution in [0, 0.1) is 0 Å². The molecule has 0 spiro atoms. The minimum Gasteiger partial charge on any atom is -0.463 e. The van der Waals surface area contributed by atoms with Gasteiger partial charge in [0.25, 0.3) is 0 Å². The van der Waals surface area contributed by atoms with Crippen LogP contribution in [0.3, 0.4) is 0 Å². The van der Waals surface area contributed by atoms with Crippen molar-refractivity contribution in [3.05, 3.63) is 132 Å². The van der Waals surface area contributed by atoms with E-state index in [9.17, 15) is 4.79 Å². The molecule has 6 rings (SSSR count). The van der Waals surface area contributed by atoms with Crippen molar-refractivity contribution < 1.29 is 23.7 Å². The maximum Gasteiger partial charge on any atom is 0.302 e. The second-order valence-corrected chi connectivity index (χ2v) is 11.2. The lowest BCUT2D eigenvalue weighted by atomic mass is 9.86. The number of hydrogen-bond donors (Lipinski definition) is 0. The van der Waals surface area contributed by atoms with E-state index in [-0.39, 0.29) is 12.6 Å². The third kappa shape index (κ3) is 7.19. The van der Waals surface area contributed by atoms with Gasteiger partial charge in [-0.05, 0) is 78.2 Å². The molecule has 0 atom stereocenters. The summed E-state index contributed by atoms with van der Waals surface area (Å²) in [5.41, 5.74) is 9.09. The third-order valence-corrected chi connectivity index (χ3v) is 8.16. The van der Waals surface area contributed by atoms with E-state index in [1.54, 1.807) is 7.11 Å². The van der Waals surface area contributed by atoms with Gasteiger partial charge < -0.3 is 18.9 Å². The van der Waals surface area contributed by atoms with E-state index in [2.05, 4.69) is 109 Å². The number of rotatable bonds is 13. The van der Waals surface area contributed by atoms with Gasteiger partial charge in [-0.1, -0.05) is 109 Å². The molecule has 0 N–H and O–H groups in total. The first-order chi connectivity index (χ1) is 22.6. The van der Waals surface area contributed by atoms with Gasteiger partial charge in [0.05, 0.1) is 33.0 Å². The molecule has 0 aliphatic carbocycles. The van der Waals surface area contributed by atoms with E-state index in [0.29, 0.717) is 33.0 Å². The molecule has 5 heteroatoms. The Morgan fingerprint density at radius 1 is 0.522 bits per heavy atom. The maximum atomic E-state index is 11.3. The molecular formula is C41H38O5. The molecule has 0 heterocycles. The predicted molar refractivity (Wildman–Crippen MR) is 186 cm³/mol. The second-order valence-electron chi connectivity index (χ2n) is 11.2. The van der Waals surface area contributed by atoms with Crippen LogP contribution >= 0.6 is 0 Å². The molecule has 0 unspecified atom stereocenters. The Morgan fingerprint density at radius 2 is 1.00 bits per heavy atom. The summed E-state index contributed by atoms with van der Waals surface area (Å²) in [4.78, 5) is 11.3. The molecule has 232 valence electrons. The molecule has 0 radical (unpaired) electrons. The molecule has 46 heavy (non-hydrogen) atoms. The number of esters is 1. The largest absolute Gasteiger partial charge is 0.463 e. The Bertz CT molecular complexity index is 1930. The first-order valence-corrected chi connectivity index (χ1v) is 15.6. The lowest BCUT2D eigenvalue weighted by molar-refractivity contribution is -0.142. The first-order valence-electron chi connectivity index (χ1n) is 15.6. The predicted octanol–water partition coefficient (Wildman–Crippen LogP) is 9.24. The number of carbonyl (C=O) groups excluding carboxylic acids is 1. The number of methoxy groups -OCH3 is 1. The number of carbonyl (C=O) groups is 1. The summed E-state index contributed by atoms with van der Waals surface area (Å²) in [6.07, 6.45) is 0. The van der Waals surface area contributed by atoms with Crippen molar-refractivity contribution in [3.8, 4) is 33.4 Å². The van der Waals surface area contributed by atoms with E-state index >= 15 is 0 Å². The summed E-state index contributed by atoms with van der Waals surface area (Å²) in [7, 11) is 1.68. The van der Waals surface area contributed by atoms with Crippen LogP contribution in [0.5, 0.6) is 0 Å². The van der Waals surface area contributed by atoms with Crippen molar-refractivity contribution in [2.75, 3.05) is 33.5 Å². The lowest BCUT2D eigenvalue weighted by Gasteiger charge is -2.20. The van der Waals surface area contributed by atoms with Gasteiger partial charge in [-0.15, -0.1) is 0 Å². The van der Waals surface area contributed by atoms with Gasteiger partial charge in [-0.25, -0.2) is 0 Å². The lowest BCUT2D eigenvalue weighted by Crippen LogP contribution is -2.08. The van der Waals surface area contributed by atoms with Gasteiger partial charge >= 0.3 is 5.97 Å². The first kappa shape index (κ1) is 31.2. The number of hydrogen-bond acceptors (Lipinski definition) is 5. The summed E-state index contributed by atoms with van der Waals surface area (Å²) < 4.78 is 22.6. The average molecular weight is 611 g/mol. The number of ether oxygens (including phenoxy) is 4. The zero-order chi connectivity index (χ0) is 31.7.